The Balaban J connectivity index is 1.74. The number of thiophene rings is 1. The summed E-state index contributed by atoms with van der Waals surface area (Å²) in [5.74, 6) is -0.680. The summed E-state index contributed by atoms with van der Waals surface area (Å²) in [4.78, 5) is 29.9. The van der Waals surface area contributed by atoms with Crippen molar-refractivity contribution < 1.29 is 9.59 Å². The van der Waals surface area contributed by atoms with Crippen molar-refractivity contribution >= 4 is 34.5 Å². The van der Waals surface area contributed by atoms with E-state index in [1.807, 2.05) is 16.8 Å². The topological polar surface area (TPSA) is 76.3 Å². The summed E-state index contributed by atoms with van der Waals surface area (Å²) in [5, 5.41) is 6.63. The predicted octanol–water partition coefficient (Wildman–Crippen LogP) is 2.21. The molecule has 0 saturated carbocycles. The average Bonchev–Trinajstić information content (AvgIpc) is 3.17. The van der Waals surface area contributed by atoms with Crippen LogP contribution in [0.25, 0.3) is 10.6 Å². The van der Waals surface area contributed by atoms with Crippen molar-refractivity contribution in [2.75, 3.05) is 13.1 Å². The molecule has 0 bridgehead atoms. The van der Waals surface area contributed by atoms with Gasteiger partial charge in [0, 0.05) is 29.4 Å². The Hall–Kier alpha value is -1.73. The molecule has 2 amide bonds. The van der Waals surface area contributed by atoms with E-state index in [2.05, 4.69) is 4.98 Å². The van der Waals surface area contributed by atoms with Gasteiger partial charge in [0.25, 0.3) is 5.91 Å². The van der Waals surface area contributed by atoms with Gasteiger partial charge in [0.05, 0.1) is 5.92 Å². The molecule has 0 aliphatic carbocycles. The third-order valence-corrected chi connectivity index (χ3v) is 5.18. The van der Waals surface area contributed by atoms with Crippen molar-refractivity contribution in [3.8, 4) is 10.6 Å². The van der Waals surface area contributed by atoms with Gasteiger partial charge in [0.15, 0.2) is 0 Å². The maximum atomic E-state index is 12.5. The Kier molecular flexibility index (Phi) is 4.03. The molecule has 5 nitrogen and oxygen atoms in total. The largest absolute Gasteiger partial charge is 0.369 e. The van der Waals surface area contributed by atoms with E-state index in [-0.39, 0.29) is 17.7 Å². The molecule has 3 heterocycles. The van der Waals surface area contributed by atoms with Crippen molar-refractivity contribution in [3.63, 3.8) is 0 Å². The van der Waals surface area contributed by atoms with Crippen LogP contribution in [0.5, 0.6) is 0 Å². The van der Waals surface area contributed by atoms with E-state index in [1.165, 1.54) is 11.3 Å². The lowest BCUT2D eigenvalue weighted by atomic mass is 9.97. The van der Waals surface area contributed by atoms with Crippen molar-refractivity contribution in [2.24, 2.45) is 11.7 Å². The summed E-state index contributed by atoms with van der Waals surface area (Å²) in [7, 11) is 0. The summed E-state index contributed by atoms with van der Waals surface area (Å²) >= 11 is 3.07. The zero-order valence-electron chi connectivity index (χ0n) is 11.3. The van der Waals surface area contributed by atoms with E-state index in [0.717, 1.165) is 23.4 Å². The van der Waals surface area contributed by atoms with Gasteiger partial charge in [-0.25, -0.2) is 4.98 Å². The van der Waals surface area contributed by atoms with Crippen LogP contribution >= 0.6 is 22.7 Å². The Labute approximate surface area is 130 Å². The lowest BCUT2D eigenvalue weighted by Crippen LogP contribution is -2.44. The van der Waals surface area contributed by atoms with Crippen LogP contribution in [0.3, 0.4) is 0 Å². The third-order valence-electron chi connectivity index (χ3n) is 3.60. The molecule has 2 aromatic heterocycles. The number of thiazole rings is 1. The molecule has 0 radical (unpaired) electrons. The number of rotatable bonds is 3. The van der Waals surface area contributed by atoms with Crippen LogP contribution in [-0.4, -0.2) is 34.8 Å². The van der Waals surface area contributed by atoms with Crippen molar-refractivity contribution in [3.05, 3.63) is 27.9 Å². The minimum Gasteiger partial charge on any atom is -0.369 e. The van der Waals surface area contributed by atoms with Crippen LogP contribution in [-0.2, 0) is 4.79 Å². The highest BCUT2D eigenvalue weighted by atomic mass is 32.1. The highest BCUT2D eigenvalue weighted by Gasteiger charge is 2.28. The molecule has 7 heteroatoms. The summed E-state index contributed by atoms with van der Waals surface area (Å²) < 4.78 is 0. The van der Waals surface area contributed by atoms with Crippen LogP contribution in [0.2, 0.25) is 0 Å². The molecule has 1 atom stereocenters. The first-order valence-electron chi connectivity index (χ1n) is 6.72. The molecule has 1 unspecified atom stereocenters. The van der Waals surface area contributed by atoms with E-state index in [9.17, 15) is 9.59 Å². The molecule has 1 aliphatic heterocycles. The molecular weight excluding hydrogens is 306 g/mol. The number of aromatic nitrogens is 1. The van der Waals surface area contributed by atoms with E-state index in [1.54, 1.807) is 21.6 Å². The Morgan fingerprint density at radius 3 is 2.95 bits per heavy atom. The molecule has 0 spiro atoms. The van der Waals surface area contributed by atoms with Gasteiger partial charge in [-0.05, 0) is 24.3 Å². The first-order chi connectivity index (χ1) is 10.1. The summed E-state index contributed by atoms with van der Waals surface area (Å²) in [6.45, 7) is 1.06. The van der Waals surface area contributed by atoms with Crippen molar-refractivity contribution in [1.29, 1.82) is 0 Å². The fourth-order valence-electron chi connectivity index (χ4n) is 2.45. The van der Waals surface area contributed by atoms with Crippen molar-refractivity contribution in [2.45, 2.75) is 12.8 Å². The molecule has 0 aromatic carbocycles. The quantitative estimate of drug-likeness (QED) is 0.941. The molecule has 2 N–H and O–H groups in total. The Morgan fingerprint density at radius 1 is 1.38 bits per heavy atom. The highest BCUT2D eigenvalue weighted by Crippen LogP contribution is 2.27. The van der Waals surface area contributed by atoms with Gasteiger partial charge in [-0.3, -0.25) is 9.59 Å². The fraction of sp³-hybridized carbons (Fsp3) is 0.357. The smallest absolute Gasteiger partial charge is 0.273 e. The molecule has 1 fully saturated rings. The summed E-state index contributed by atoms with van der Waals surface area (Å²) in [6.07, 6.45) is 1.57. The summed E-state index contributed by atoms with van der Waals surface area (Å²) in [5.41, 5.74) is 6.84. The number of carbonyl (C=O) groups excluding carboxylic acids is 2. The SMILES string of the molecule is NC(=O)C1CCCN(C(=O)c2csc(-c3ccsc3)n2)C1. The molecule has 3 rings (SSSR count). The standard InChI is InChI=1S/C14H15N3O2S2/c15-12(18)9-2-1-4-17(6-9)14(19)11-8-21-13(16-11)10-3-5-20-7-10/h3,5,7-9H,1-2,4,6H2,(H2,15,18). The van der Waals surface area contributed by atoms with Gasteiger partial charge >= 0.3 is 0 Å². The number of carbonyl (C=O) groups is 2. The summed E-state index contributed by atoms with van der Waals surface area (Å²) in [6, 6.07) is 1.99. The second-order valence-electron chi connectivity index (χ2n) is 5.04. The maximum Gasteiger partial charge on any atom is 0.273 e. The van der Waals surface area contributed by atoms with Gasteiger partial charge in [0.1, 0.15) is 10.7 Å². The molecule has 1 aliphatic rings. The molecule has 110 valence electrons. The van der Waals surface area contributed by atoms with Crippen LogP contribution < -0.4 is 5.73 Å². The molecule has 1 saturated heterocycles. The fourth-order valence-corrected chi connectivity index (χ4v) is 3.95. The molecular formula is C14H15N3O2S2. The van der Waals surface area contributed by atoms with Crippen LogP contribution in [0, 0.1) is 5.92 Å². The van der Waals surface area contributed by atoms with Crippen LogP contribution in [0.15, 0.2) is 22.2 Å². The maximum absolute atomic E-state index is 12.5. The first kappa shape index (κ1) is 14.2. The Bertz CT molecular complexity index is 651. The normalized spacial score (nSPS) is 18.7. The number of likely N-dealkylation sites (tertiary alicyclic amines) is 1. The van der Waals surface area contributed by atoms with Gasteiger partial charge in [-0.2, -0.15) is 11.3 Å². The lowest BCUT2D eigenvalue weighted by molar-refractivity contribution is -0.123. The minimum absolute atomic E-state index is 0.112. The Morgan fingerprint density at radius 2 is 2.24 bits per heavy atom. The number of nitrogens with zero attached hydrogens (tertiary/aromatic N) is 2. The monoisotopic (exact) mass is 321 g/mol. The second kappa shape index (κ2) is 5.95. The highest BCUT2D eigenvalue weighted by molar-refractivity contribution is 7.14. The number of amides is 2. The first-order valence-corrected chi connectivity index (χ1v) is 8.54. The average molecular weight is 321 g/mol. The number of primary amides is 1. The lowest BCUT2D eigenvalue weighted by Gasteiger charge is -2.30. The zero-order valence-corrected chi connectivity index (χ0v) is 13.0. The third kappa shape index (κ3) is 2.98. The van der Waals surface area contributed by atoms with E-state index < -0.39 is 0 Å². The zero-order chi connectivity index (χ0) is 14.8. The number of piperidine rings is 1. The van der Waals surface area contributed by atoms with Gasteiger partial charge in [-0.15, -0.1) is 11.3 Å². The van der Waals surface area contributed by atoms with Crippen molar-refractivity contribution in [1.82, 2.24) is 9.88 Å². The minimum atomic E-state index is -0.329. The van der Waals surface area contributed by atoms with E-state index in [0.29, 0.717) is 18.8 Å². The van der Waals surface area contributed by atoms with Crippen LogP contribution in [0.4, 0.5) is 0 Å². The van der Waals surface area contributed by atoms with Gasteiger partial charge < -0.3 is 10.6 Å². The number of nitrogens with two attached hydrogens (primary N) is 1. The molecule has 21 heavy (non-hydrogen) atoms. The number of hydrogen-bond donors (Lipinski definition) is 1. The van der Waals surface area contributed by atoms with Gasteiger partial charge in [0.2, 0.25) is 5.91 Å². The van der Waals surface area contributed by atoms with Crippen LogP contribution in [0.1, 0.15) is 23.3 Å². The second-order valence-corrected chi connectivity index (χ2v) is 6.68. The molecule has 2 aromatic rings. The van der Waals surface area contributed by atoms with E-state index >= 15 is 0 Å². The van der Waals surface area contributed by atoms with E-state index in [4.69, 9.17) is 5.73 Å². The number of hydrogen-bond acceptors (Lipinski definition) is 5. The van der Waals surface area contributed by atoms with Gasteiger partial charge in [-0.1, -0.05) is 0 Å². The predicted molar refractivity (Wildman–Crippen MR) is 83.2 cm³/mol.